The molecule has 1 aromatic heterocycles. The maximum atomic E-state index is 10.7. The summed E-state index contributed by atoms with van der Waals surface area (Å²) in [6.45, 7) is 0.647. The SMILES string of the molecule is N#Cc1nc(NCc2ccc3c(c2)OCO3)ccc1[N+](=O)[O-]. The van der Waals surface area contributed by atoms with Crippen LogP contribution in [0.2, 0.25) is 0 Å². The van der Waals surface area contributed by atoms with E-state index in [2.05, 4.69) is 10.3 Å². The summed E-state index contributed by atoms with van der Waals surface area (Å²) in [7, 11) is 0. The molecular weight excluding hydrogens is 288 g/mol. The van der Waals surface area contributed by atoms with Gasteiger partial charge in [0.05, 0.1) is 4.92 Å². The van der Waals surface area contributed by atoms with Gasteiger partial charge in [-0.1, -0.05) is 6.07 Å². The third-order valence-electron chi connectivity index (χ3n) is 3.09. The molecule has 0 saturated heterocycles. The zero-order chi connectivity index (χ0) is 15.5. The minimum absolute atomic E-state index is 0.210. The molecule has 1 aliphatic rings. The summed E-state index contributed by atoms with van der Waals surface area (Å²) in [5.41, 5.74) is 0.403. The second kappa shape index (κ2) is 5.57. The molecule has 1 N–H and O–H groups in total. The largest absolute Gasteiger partial charge is 0.454 e. The van der Waals surface area contributed by atoms with E-state index in [4.69, 9.17) is 14.7 Å². The summed E-state index contributed by atoms with van der Waals surface area (Å²) in [5.74, 6) is 1.76. The molecule has 0 unspecified atom stereocenters. The Balaban J connectivity index is 1.74. The highest BCUT2D eigenvalue weighted by molar-refractivity contribution is 5.51. The molecule has 0 aliphatic carbocycles. The molecule has 0 spiro atoms. The fourth-order valence-corrected chi connectivity index (χ4v) is 2.02. The predicted molar refractivity (Wildman–Crippen MR) is 75.5 cm³/mol. The number of rotatable bonds is 4. The van der Waals surface area contributed by atoms with Crippen LogP contribution >= 0.6 is 0 Å². The molecular formula is C14H10N4O4. The van der Waals surface area contributed by atoms with E-state index in [1.807, 2.05) is 18.2 Å². The summed E-state index contributed by atoms with van der Waals surface area (Å²) in [5, 5.41) is 22.7. The van der Waals surface area contributed by atoms with Gasteiger partial charge in [-0.15, -0.1) is 0 Å². The number of hydrogen-bond donors (Lipinski definition) is 1. The van der Waals surface area contributed by atoms with Crippen molar-refractivity contribution in [1.82, 2.24) is 4.98 Å². The van der Waals surface area contributed by atoms with Crippen molar-refractivity contribution in [2.24, 2.45) is 0 Å². The van der Waals surface area contributed by atoms with E-state index < -0.39 is 4.92 Å². The second-order valence-electron chi connectivity index (χ2n) is 4.47. The lowest BCUT2D eigenvalue weighted by molar-refractivity contribution is -0.385. The van der Waals surface area contributed by atoms with Crippen molar-refractivity contribution in [3.05, 3.63) is 51.7 Å². The molecule has 0 radical (unpaired) electrons. The summed E-state index contributed by atoms with van der Waals surface area (Å²) in [6.07, 6.45) is 0. The van der Waals surface area contributed by atoms with E-state index >= 15 is 0 Å². The zero-order valence-electron chi connectivity index (χ0n) is 11.3. The Morgan fingerprint density at radius 2 is 2.14 bits per heavy atom. The van der Waals surface area contributed by atoms with Crippen LogP contribution in [0.3, 0.4) is 0 Å². The lowest BCUT2D eigenvalue weighted by Crippen LogP contribution is -2.03. The average molecular weight is 298 g/mol. The van der Waals surface area contributed by atoms with Gasteiger partial charge in [0, 0.05) is 12.6 Å². The molecule has 0 amide bonds. The van der Waals surface area contributed by atoms with Crippen LogP contribution < -0.4 is 14.8 Å². The first-order chi connectivity index (χ1) is 10.7. The molecule has 1 aromatic carbocycles. The lowest BCUT2D eigenvalue weighted by Gasteiger charge is -2.07. The van der Waals surface area contributed by atoms with Crippen molar-refractivity contribution in [1.29, 1.82) is 5.26 Å². The number of nitriles is 1. The van der Waals surface area contributed by atoms with Crippen LogP contribution in [0.4, 0.5) is 11.5 Å². The number of benzene rings is 1. The van der Waals surface area contributed by atoms with Gasteiger partial charge < -0.3 is 14.8 Å². The van der Waals surface area contributed by atoms with Crippen LogP contribution in [-0.2, 0) is 6.54 Å². The molecule has 0 fully saturated rings. The smallest absolute Gasteiger partial charge is 0.305 e. The Hall–Kier alpha value is -3.34. The number of nitrogens with zero attached hydrogens (tertiary/aromatic N) is 3. The topological polar surface area (TPSA) is 110 Å². The number of ether oxygens (including phenoxy) is 2. The van der Waals surface area contributed by atoms with Crippen molar-refractivity contribution in [3.63, 3.8) is 0 Å². The first-order valence-corrected chi connectivity index (χ1v) is 6.35. The normalized spacial score (nSPS) is 11.8. The highest BCUT2D eigenvalue weighted by atomic mass is 16.7. The Kier molecular flexibility index (Phi) is 3.45. The Morgan fingerprint density at radius 3 is 2.91 bits per heavy atom. The Labute approximate surface area is 125 Å². The molecule has 0 bridgehead atoms. The third kappa shape index (κ3) is 2.60. The van der Waals surface area contributed by atoms with Crippen molar-refractivity contribution in [2.45, 2.75) is 6.54 Å². The van der Waals surface area contributed by atoms with E-state index in [0.717, 1.165) is 5.56 Å². The van der Waals surface area contributed by atoms with Crippen LogP contribution in [0.15, 0.2) is 30.3 Å². The van der Waals surface area contributed by atoms with Gasteiger partial charge in [-0.3, -0.25) is 10.1 Å². The predicted octanol–water partition coefficient (Wildman–Crippen LogP) is 2.20. The van der Waals surface area contributed by atoms with Crippen LogP contribution in [0.5, 0.6) is 11.5 Å². The minimum atomic E-state index is -0.632. The number of pyridine rings is 1. The number of hydrogen-bond acceptors (Lipinski definition) is 7. The molecule has 0 atom stereocenters. The van der Waals surface area contributed by atoms with Gasteiger partial charge in [0.15, 0.2) is 11.5 Å². The second-order valence-corrected chi connectivity index (χ2v) is 4.47. The van der Waals surface area contributed by atoms with E-state index in [1.54, 1.807) is 6.07 Å². The standard InChI is InChI=1S/C14H10N4O4/c15-6-10-11(18(19)20)2-4-14(17-10)16-7-9-1-3-12-13(5-9)22-8-21-12/h1-5H,7-8H2,(H,16,17). The summed E-state index contributed by atoms with van der Waals surface area (Å²) in [6, 6.07) is 9.96. The van der Waals surface area contributed by atoms with Gasteiger partial charge in [-0.05, 0) is 23.8 Å². The fourth-order valence-electron chi connectivity index (χ4n) is 2.02. The molecule has 2 heterocycles. The number of nitro groups is 1. The lowest BCUT2D eigenvalue weighted by atomic mass is 10.2. The number of fused-ring (bicyclic) bond motifs is 1. The number of nitrogens with one attached hydrogen (secondary N) is 1. The van der Waals surface area contributed by atoms with E-state index in [9.17, 15) is 10.1 Å². The van der Waals surface area contributed by atoms with Crippen LogP contribution in [0.25, 0.3) is 0 Å². The van der Waals surface area contributed by atoms with Gasteiger partial charge >= 0.3 is 5.69 Å². The average Bonchev–Trinajstić information content (AvgIpc) is 3.00. The Morgan fingerprint density at radius 1 is 1.32 bits per heavy atom. The molecule has 8 nitrogen and oxygen atoms in total. The van der Waals surface area contributed by atoms with Crippen molar-refractivity contribution < 1.29 is 14.4 Å². The monoisotopic (exact) mass is 298 g/mol. The van der Waals surface area contributed by atoms with Gasteiger partial charge in [-0.2, -0.15) is 5.26 Å². The zero-order valence-corrected chi connectivity index (χ0v) is 11.3. The van der Waals surface area contributed by atoms with Gasteiger partial charge in [-0.25, -0.2) is 4.98 Å². The van der Waals surface area contributed by atoms with E-state index in [1.165, 1.54) is 12.1 Å². The number of aromatic nitrogens is 1. The highest BCUT2D eigenvalue weighted by Crippen LogP contribution is 2.32. The first-order valence-electron chi connectivity index (χ1n) is 6.35. The summed E-state index contributed by atoms with van der Waals surface area (Å²) < 4.78 is 10.5. The maximum Gasteiger partial charge on any atom is 0.305 e. The summed E-state index contributed by atoms with van der Waals surface area (Å²) >= 11 is 0. The maximum absolute atomic E-state index is 10.7. The van der Waals surface area contributed by atoms with Crippen LogP contribution in [-0.4, -0.2) is 16.7 Å². The third-order valence-corrected chi connectivity index (χ3v) is 3.09. The molecule has 22 heavy (non-hydrogen) atoms. The molecule has 3 rings (SSSR count). The fraction of sp³-hybridized carbons (Fsp3) is 0.143. The molecule has 110 valence electrons. The minimum Gasteiger partial charge on any atom is -0.454 e. The molecule has 8 heteroatoms. The Bertz CT molecular complexity index is 785. The van der Waals surface area contributed by atoms with E-state index in [0.29, 0.717) is 23.9 Å². The van der Waals surface area contributed by atoms with Crippen LogP contribution in [0, 0.1) is 21.4 Å². The van der Waals surface area contributed by atoms with Crippen LogP contribution in [0.1, 0.15) is 11.3 Å². The quantitative estimate of drug-likeness (QED) is 0.680. The first kappa shape index (κ1) is 13.6. The molecule has 1 aliphatic heterocycles. The van der Waals surface area contributed by atoms with Crippen molar-refractivity contribution >= 4 is 11.5 Å². The van der Waals surface area contributed by atoms with Gasteiger partial charge in [0.25, 0.3) is 0 Å². The van der Waals surface area contributed by atoms with E-state index in [-0.39, 0.29) is 18.2 Å². The molecule has 2 aromatic rings. The highest BCUT2D eigenvalue weighted by Gasteiger charge is 2.16. The van der Waals surface area contributed by atoms with Crippen molar-refractivity contribution in [3.8, 4) is 17.6 Å². The van der Waals surface area contributed by atoms with Gasteiger partial charge in [0.1, 0.15) is 11.9 Å². The van der Waals surface area contributed by atoms with Gasteiger partial charge in [0.2, 0.25) is 12.5 Å². The summed E-state index contributed by atoms with van der Waals surface area (Å²) in [4.78, 5) is 14.0. The molecule has 0 saturated carbocycles. The van der Waals surface area contributed by atoms with Crippen molar-refractivity contribution in [2.75, 3.05) is 12.1 Å². The number of anilines is 1.